The van der Waals surface area contributed by atoms with E-state index in [2.05, 4.69) is 0 Å². The topological polar surface area (TPSA) is 46.3 Å². The predicted molar refractivity (Wildman–Crippen MR) is 69.7 cm³/mol. The Morgan fingerprint density at radius 3 is 1.94 bits per heavy atom. The maximum atomic E-state index is 12.1. The normalized spacial score (nSPS) is 21.3. The number of carbonyl (C=O) groups excluding carboxylic acids is 1. The van der Waals surface area contributed by atoms with Crippen LogP contribution in [0.2, 0.25) is 0 Å². The first-order valence-electron chi connectivity index (χ1n) is 6.17. The molecule has 4 heteroatoms. The van der Waals surface area contributed by atoms with Gasteiger partial charge in [-0.1, -0.05) is 26.2 Å². The molecule has 1 fully saturated rings. The molecule has 2 N–H and O–H groups in total. The Labute approximate surface area is 105 Å². The summed E-state index contributed by atoms with van der Waals surface area (Å²) < 4.78 is 0. The summed E-state index contributed by atoms with van der Waals surface area (Å²) in [5.74, 6) is 0.205. The van der Waals surface area contributed by atoms with Crippen molar-refractivity contribution in [2.45, 2.75) is 52.0 Å². The van der Waals surface area contributed by atoms with E-state index in [4.69, 9.17) is 5.73 Å². The molecule has 96 valence electrons. The number of nitrogens with zero attached hydrogens (tertiary/aromatic N) is 1. The van der Waals surface area contributed by atoms with Crippen LogP contribution in [0.3, 0.4) is 0 Å². The van der Waals surface area contributed by atoms with E-state index in [1.54, 1.807) is 0 Å². The number of halogens is 1. The van der Waals surface area contributed by atoms with E-state index < -0.39 is 0 Å². The number of nitrogens with two attached hydrogens (primary N) is 1. The minimum Gasteiger partial charge on any atom is -0.342 e. The van der Waals surface area contributed by atoms with Crippen LogP contribution >= 0.6 is 12.4 Å². The summed E-state index contributed by atoms with van der Waals surface area (Å²) in [7, 11) is 0. The number of hydrogen-bond donors (Lipinski definition) is 1. The van der Waals surface area contributed by atoms with Gasteiger partial charge in [0, 0.05) is 19.1 Å². The highest BCUT2D eigenvalue weighted by molar-refractivity contribution is 5.85. The van der Waals surface area contributed by atoms with Gasteiger partial charge in [-0.3, -0.25) is 4.79 Å². The second-order valence-electron chi connectivity index (χ2n) is 4.74. The van der Waals surface area contributed by atoms with Crippen molar-refractivity contribution in [1.82, 2.24) is 4.90 Å². The first-order chi connectivity index (χ1) is 7.13. The van der Waals surface area contributed by atoms with Gasteiger partial charge < -0.3 is 10.6 Å². The average molecular weight is 249 g/mol. The highest BCUT2D eigenvalue weighted by Crippen LogP contribution is 2.14. The van der Waals surface area contributed by atoms with Crippen molar-refractivity contribution in [3.8, 4) is 0 Å². The van der Waals surface area contributed by atoms with Gasteiger partial charge in [0.05, 0.1) is 5.92 Å². The van der Waals surface area contributed by atoms with Crippen LogP contribution in [0.15, 0.2) is 0 Å². The summed E-state index contributed by atoms with van der Waals surface area (Å²) in [6.07, 6.45) is 6.15. The van der Waals surface area contributed by atoms with Crippen LogP contribution < -0.4 is 5.73 Å². The van der Waals surface area contributed by atoms with Crippen molar-refractivity contribution in [2.75, 3.05) is 13.1 Å². The molecule has 0 aromatic carbocycles. The van der Waals surface area contributed by atoms with Crippen LogP contribution in [0.1, 0.15) is 46.0 Å². The number of carbonyl (C=O) groups is 1. The van der Waals surface area contributed by atoms with Gasteiger partial charge in [0.15, 0.2) is 0 Å². The molecule has 1 aliphatic heterocycles. The van der Waals surface area contributed by atoms with Gasteiger partial charge in [-0.15, -0.1) is 12.4 Å². The summed E-state index contributed by atoms with van der Waals surface area (Å²) in [4.78, 5) is 14.1. The first kappa shape index (κ1) is 15.7. The summed E-state index contributed by atoms with van der Waals surface area (Å²) in [6, 6.07) is -0.0389. The SMILES string of the molecule is CC(N)C(C)C(=O)N1CCCCCCC1.Cl. The molecule has 0 aromatic rings. The molecule has 1 saturated heterocycles. The van der Waals surface area contributed by atoms with Crippen molar-refractivity contribution in [3.05, 3.63) is 0 Å². The second kappa shape index (κ2) is 7.91. The van der Waals surface area contributed by atoms with Gasteiger partial charge in [-0.25, -0.2) is 0 Å². The standard InChI is InChI=1S/C12H24N2O.ClH/c1-10(11(2)13)12(15)14-8-6-4-3-5-7-9-14;/h10-11H,3-9,13H2,1-2H3;1H. The molecule has 1 aliphatic rings. The van der Waals surface area contributed by atoms with Crippen molar-refractivity contribution in [2.24, 2.45) is 11.7 Å². The molecule has 16 heavy (non-hydrogen) atoms. The molecular weight excluding hydrogens is 224 g/mol. The summed E-state index contributed by atoms with van der Waals surface area (Å²) in [5, 5.41) is 0. The lowest BCUT2D eigenvalue weighted by molar-refractivity contribution is -0.135. The molecule has 2 unspecified atom stereocenters. The van der Waals surface area contributed by atoms with Crippen LogP contribution in [-0.2, 0) is 4.79 Å². The van der Waals surface area contributed by atoms with Crippen LogP contribution in [0, 0.1) is 5.92 Å². The van der Waals surface area contributed by atoms with Gasteiger partial charge in [0.2, 0.25) is 5.91 Å². The van der Waals surface area contributed by atoms with Gasteiger partial charge in [0.1, 0.15) is 0 Å². The van der Waals surface area contributed by atoms with E-state index in [0.29, 0.717) is 0 Å². The summed E-state index contributed by atoms with van der Waals surface area (Å²) in [6.45, 7) is 5.70. The Morgan fingerprint density at radius 2 is 1.50 bits per heavy atom. The molecule has 0 bridgehead atoms. The smallest absolute Gasteiger partial charge is 0.226 e. The molecule has 1 rings (SSSR count). The fourth-order valence-electron chi connectivity index (χ4n) is 1.98. The average Bonchev–Trinajstić information content (AvgIpc) is 2.15. The van der Waals surface area contributed by atoms with Crippen molar-refractivity contribution >= 4 is 18.3 Å². The second-order valence-corrected chi connectivity index (χ2v) is 4.74. The molecule has 0 saturated carbocycles. The number of amides is 1. The van der Waals surface area contributed by atoms with Crippen molar-refractivity contribution < 1.29 is 4.79 Å². The molecule has 0 spiro atoms. The highest BCUT2D eigenvalue weighted by Gasteiger charge is 2.23. The van der Waals surface area contributed by atoms with E-state index in [-0.39, 0.29) is 30.3 Å². The van der Waals surface area contributed by atoms with Crippen LogP contribution in [0.25, 0.3) is 0 Å². The Kier molecular flexibility index (Phi) is 7.77. The molecule has 3 nitrogen and oxygen atoms in total. The minimum atomic E-state index is -0.0389. The lowest BCUT2D eigenvalue weighted by atomic mass is 10.0. The quantitative estimate of drug-likeness (QED) is 0.814. The monoisotopic (exact) mass is 248 g/mol. The predicted octanol–water partition coefficient (Wildman–Crippen LogP) is 2.18. The van der Waals surface area contributed by atoms with Crippen LogP contribution in [-0.4, -0.2) is 29.9 Å². The molecule has 0 aromatic heterocycles. The first-order valence-corrected chi connectivity index (χ1v) is 6.17. The number of hydrogen-bond acceptors (Lipinski definition) is 2. The van der Waals surface area contributed by atoms with Gasteiger partial charge in [-0.05, 0) is 19.8 Å². The highest BCUT2D eigenvalue weighted by atomic mass is 35.5. The lowest BCUT2D eigenvalue weighted by Gasteiger charge is -2.28. The molecule has 2 atom stereocenters. The van der Waals surface area contributed by atoms with Crippen molar-refractivity contribution in [1.29, 1.82) is 0 Å². The zero-order chi connectivity index (χ0) is 11.3. The van der Waals surface area contributed by atoms with Gasteiger partial charge in [0.25, 0.3) is 0 Å². The maximum Gasteiger partial charge on any atom is 0.226 e. The molecule has 0 aliphatic carbocycles. The van der Waals surface area contributed by atoms with Gasteiger partial charge in [-0.2, -0.15) is 0 Å². The van der Waals surface area contributed by atoms with E-state index in [1.807, 2.05) is 18.7 Å². The molecule has 0 radical (unpaired) electrons. The van der Waals surface area contributed by atoms with Crippen LogP contribution in [0.4, 0.5) is 0 Å². The third-order valence-corrected chi connectivity index (χ3v) is 3.35. The van der Waals surface area contributed by atoms with E-state index >= 15 is 0 Å². The van der Waals surface area contributed by atoms with E-state index in [0.717, 1.165) is 25.9 Å². The van der Waals surface area contributed by atoms with Crippen molar-refractivity contribution in [3.63, 3.8) is 0 Å². The Bertz CT molecular complexity index is 201. The molecular formula is C12H25ClN2O. The maximum absolute atomic E-state index is 12.1. The third-order valence-electron chi connectivity index (χ3n) is 3.35. The molecule has 1 amide bonds. The number of likely N-dealkylation sites (tertiary alicyclic amines) is 1. The Balaban J connectivity index is 0.00000225. The summed E-state index contributed by atoms with van der Waals surface area (Å²) >= 11 is 0. The zero-order valence-electron chi connectivity index (χ0n) is 10.4. The van der Waals surface area contributed by atoms with Crippen LogP contribution in [0.5, 0.6) is 0 Å². The lowest BCUT2D eigenvalue weighted by Crippen LogP contribution is -2.42. The van der Waals surface area contributed by atoms with Gasteiger partial charge >= 0.3 is 0 Å². The largest absolute Gasteiger partial charge is 0.342 e. The third kappa shape index (κ3) is 4.71. The van der Waals surface area contributed by atoms with E-state index in [9.17, 15) is 4.79 Å². The van der Waals surface area contributed by atoms with E-state index in [1.165, 1.54) is 19.3 Å². The Hall–Kier alpha value is -0.280. The zero-order valence-corrected chi connectivity index (χ0v) is 11.3. The number of rotatable bonds is 2. The minimum absolute atomic E-state index is 0. The Morgan fingerprint density at radius 1 is 1.06 bits per heavy atom. The molecule has 1 heterocycles. The fraction of sp³-hybridized carbons (Fsp3) is 0.917. The fourth-order valence-corrected chi connectivity index (χ4v) is 1.98. The summed E-state index contributed by atoms with van der Waals surface area (Å²) in [5.41, 5.74) is 5.77.